The number of carbonyl (C=O) groups is 3. The second-order valence-corrected chi connectivity index (χ2v) is 11.9. The van der Waals surface area contributed by atoms with Crippen molar-refractivity contribution < 1.29 is 42.7 Å². The van der Waals surface area contributed by atoms with Gasteiger partial charge in [-0.1, -0.05) is 95.2 Å². The molecule has 0 aromatic heterocycles. The van der Waals surface area contributed by atoms with Crippen LogP contribution in [0.25, 0.3) is 0 Å². The maximum absolute atomic E-state index is 12.5. The molecule has 1 unspecified atom stereocenters. The summed E-state index contributed by atoms with van der Waals surface area (Å²) in [7, 11) is -1.66. The fraction of sp³-hybridized carbons (Fsp3) is 0.559. The van der Waals surface area contributed by atoms with Gasteiger partial charge in [0, 0.05) is 26.2 Å². The van der Waals surface area contributed by atoms with Crippen molar-refractivity contribution in [2.45, 2.75) is 103 Å². The van der Waals surface area contributed by atoms with Crippen LogP contribution in [0.2, 0.25) is 0 Å². The molecule has 2 aromatic rings. The molecule has 2 aliphatic heterocycles. The van der Waals surface area contributed by atoms with Crippen LogP contribution in [0.4, 0.5) is 18.0 Å². The maximum Gasteiger partial charge on any atom is 0.472 e. The van der Waals surface area contributed by atoms with Gasteiger partial charge in [-0.2, -0.15) is 13.2 Å². The Kier molecular flexibility index (Phi) is 18.1. The normalized spacial score (nSPS) is 15.1. The Hall–Kier alpha value is -3.62. The zero-order chi connectivity index (χ0) is 35.5. The molecular formula is C34H50BF3N4O6. The average molecular weight is 679 g/mol. The lowest BCUT2D eigenvalue weighted by molar-refractivity contribution is -0.137. The zero-order valence-electron chi connectivity index (χ0n) is 28.0. The van der Waals surface area contributed by atoms with Crippen LogP contribution >= 0.6 is 0 Å². The average Bonchev–Trinajstić information content (AvgIpc) is 3.72. The van der Waals surface area contributed by atoms with E-state index in [1.54, 1.807) is 0 Å². The third-order valence-corrected chi connectivity index (χ3v) is 8.04. The monoisotopic (exact) mass is 678 g/mol. The SMILES string of the molecule is CCCCCCCCC.O=C(NCB(O)O)C1CCCN1C(=O)CNCc1ccc(C(F)(F)F)cc1.O=C(O)N1Cc2ccccc2C1. The number of unbranched alkanes of at least 4 members (excludes halogenated alkanes) is 6. The van der Waals surface area contributed by atoms with E-state index < -0.39 is 36.9 Å². The van der Waals surface area contributed by atoms with Crippen LogP contribution in [0.3, 0.4) is 0 Å². The third kappa shape index (κ3) is 14.7. The Balaban J connectivity index is 0.000000310. The van der Waals surface area contributed by atoms with E-state index >= 15 is 0 Å². The molecule has 0 aliphatic carbocycles. The van der Waals surface area contributed by atoms with Gasteiger partial charge in [-0.25, -0.2) is 4.79 Å². The van der Waals surface area contributed by atoms with Crippen LogP contribution < -0.4 is 10.6 Å². The van der Waals surface area contributed by atoms with Crippen molar-refractivity contribution in [3.8, 4) is 0 Å². The number of hydrogen-bond acceptors (Lipinski definition) is 6. The van der Waals surface area contributed by atoms with Crippen LogP contribution in [-0.2, 0) is 35.4 Å². The van der Waals surface area contributed by atoms with E-state index in [4.69, 9.17) is 15.2 Å². The van der Waals surface area contributed by atoms with Crippen molar-refractivity contribution in [2.24, 2.45) is 0 Å². The van der Waals surface area contributed by atoms with Crippen LogP contribution in [0.15, 0.2) is 48.5 Å². The van der Waals surface area contributed by atoms with Crippen LogP contribution in [0.1, 0.15) is 93.9 Å². The molecule has 2 heterocycles. The highest BCUT2D eigenvalue weighted by Crippen LogP contribution is 2.29. The van der Waals surface area contributed by atoms with E-state index in [2.05, 4.69) is 24.5 Å². The van der Waals surface area contributed by atoms with E-state index in [-0.39, 0.29) is 25.4 Å². The smallest absolute Gasteiger partial charge is 0.465 e. The molecule has 0 saturated carbocycles. The van der Waals surface area contributed by atoms with Gasteiger partial charge in [0.15, 0.2) is 0 Å². The molecule has 0 bridgehead atoms. The van der Waals surface area contributed by atoms with Gasteiger partial charge in [0.25, 0.3) is 0 Å². The van der Waals surface area contributed by atoms with E-state index in [0.29, 0.717) is 38.0 Å². The molecule has 266 valence electrons. The number of nitrogens with zero attached hydrogens (tertiary/aromatic N) is 2. The van der Waals surface area contributed by atoms with Gasteiger partial charge in [-0.3, -0.25) is 14.5 Å². The first-order valence-corrected chi connectivity index (χ1v) is 16.7. The number of carbonyl (C=O) groups excluding carboxylic acids is 2. The summed E-state index contributed by atoms with van der Waals surface area (Å²) in [5.74, 6) is -0.749. The number of rotatable bonds is 13. The van der Waals surface area contributed by atoms with Crippen molar-refractivity contribution >= 4 is 25.0 Å². The van der Waals surface area contributed by atoms with Crippen molar-refractivity contribution in [1.82, 2.24) is 20.4 Å². The Bertz CT molecular complexity index is 1240. The predicted octanol–water partition coefficient (Wildman–Crippen LogP) is 5.35. The van der Waals surface area contributed by atoms with Crippen molar-refractivity contribution in [3.05, 3.63) is 70.8 Å². The molecule has 0 spiro atoms. The lowest BCUT2D eigenvalue weighted by atomic mass is 9.92. The lowest BCUT2D eigenvalue weighted by Gasteiger charge is -2.24. The largest absolute Gasteiger partial charge is 0.472 e. The molecule has 48 heavy (non-hydrogen) atoms. The summed E-state index contributed by atoms with van der Waals surface area (Å²) >= 11 is 0. The van der Waals surface area contributed by atoms with E-state index in [1.807, 2.05) is 24.3 Å². The minimum Gasteiger partial charge on any atom is -0.465 e. The van der Waals surface area contributed by atoms with Crippen molar-refractivity contribution in [3.63, 3.8) is 0 Å². The van der Waals surface area contributed by atoms with Gasteiger partial charge in [-0.15, -0.1) is 0 Å². The Morgan fingerprint density at radius 2 is 1.46 bits per heavy atom. The molecule has 5 N–H and O–H groups in total. The van der Waals surface area contributed by atoms with Gasteiger partial charge in [0.05, 0.1) is 18.6 Å². The molecule has 2 aromatic carbocycles. The maximum atomic E-state index is 12.5. The fourth-order valence-electron chi connectivity index (χ4n) is 5.37. The van der Waals surface area contributed by atoms with Gasteiger partial charge >= 0.3 is 19.4 Å². The Morgan fingerprint density at radius 3 is 1.96 bits per heavy atom. The topological polar surface area (TPSA) is 142 Å². The molecule has 1 saturated heterocycles. The minimum atomic E-state index is -4.39. The summed E-state index contributed by atoms with van der Waals surface area (Å²) in [6, 6.07) is 11.8. The summed E-state index contributed by atoms with van der Waals surface area (Å²) < 4.78 is 37.6. The highest BCUT2D eigenvalue weighted by molar-refractivity contribution is 6.41. The first-order chi connectivity index (χ1) is 22.9. The second kappa shape index (κ2) is 21.4. The molecule has 14 heteroatoms. The number of hydrogen-bond donors (Lipinski definition) is 5. The molecule has 1 fully saturated rings. The second-order valence-electron chi connectivity index (χ2n) is 11.9. The van der Waals surface area contributed by atoms with Gasteiger partial charge in [-0.05, 0) is 41.7 Å². The number of likely N-dealkylation sites (tertiary alicyclic amines) is 1. The number of benzene rings is 2. The van der Waals surface area contributed by atoms with Gasteiger partial charge in [0.1, 0.15) is 6.04 Å². The zero-order valence-corrected chi connectivity index (χ0v) is 28.0. The number of amides is 3. The third-order valence-electron chi connectivity index (χ3n) is 8.04. The first-order valence-electron chi connectivity index (χ1n) is 16.7. The first kappa shape index (κ1) is 40.6. The highest BCUT2D eigenvalue weighted by atomic mass is 19.4. The number of carboxylic acid groups (broad SMARTS) is 1. The van der Waals surface area contributed by atoms with E-state index in [0.717, 1.165) is 23.3 Å². The number of halogens is 3. The van der Waals surface area contributed by atoms with Crippen molar-refractivity contribution in [2.75, 3.05) is 19.5 Å². The summed E-state index contributed by atoms with van der Waals surface area (Å²) in [5, 5.41) is 31.5. The lowest BCUT2D eigenvalue weighted by Crippen LogP contribution is -2.50. The molecule has 2 aliphatic rings. The molecule has 1 atom stereocenters. The van der Waals surface area contributed by atoms with Crippen LogP contribution in [0.5, 0.6) is 0 Å². The molecule has 3 amide bonds. The number of fused-ring (bicyclic) bond motifs is 1. The van der Waals surface area contributed by atoms with Gasteiger partial charge < -0.3 is 30.7 Å². The Morgan fingerprint density at radius 1 is 0.896 bits per heavy atom. The van der Waals surface area contributed by atoms with Crippen molar-refractivity contribution in [1.29, 1.82) is 0 Å². The summed E-state index contributed by atoms with van der Waals surface area (Å²) in [6.07, 6.45) is 5.57. The van der Waals surface area contributed by atoms with E-state index in [9.17, 15) is 27.6 Å². The predicted molar refractivity (Wildman–Crippen MR) is 178 cm³/mol. The van der Waals surface area contributed by atoms with Crippen LogP contribution in [0, 0.1) is 0 Å². The van der Waals surface area contributed by atoms with E-state index in [1.165, 1.54) is 66.9 Å². The molecule has 10 nitrogen and oxygen atoms in total. The minimum absolute atomic E-state index is 0.0621. The van der Waals surface area contributed by atoms with Gasteiger partial charge in [0.2, 0.25) is 11.8 Å². The number of nitrogens with one attached hydrogen (secondary N) is 2. The summed E-state index contributed by atoms with van der Waals surface area (Å²) in [4.78, 5) is 37.8. The quantitative estimate of drug-likeness (QED) is 0.142. The number of alkyl halides is 3. The summed E-state index contributed by atoms with van der Waals surface area (Å²) in [6.45, 7) is 6.16. The molecule has 4 rings (SSSR count). The summed E-state index contributed by atoms with van der Waals surface area (Å²) in [5.41, 5.74) is 2.12. The fourth-order valence-corrected chi connectivity index (χ4v) is 5.37. The van der Waals surface area contributed by atoms with Crippen LogP contribution in [-0.4, -0.2) is 75.6 Å². The molecular weight excluding hydrogens is 628 g/mol. The Labute approximate surface area is 281 Å². The highest BCUT2D eigenvalue weighted by Gasteiger charge is 2.34. The standard InChI is InChI=1S/C16H21BF3N3O4.C9H9NO2.C9H20/c18-16(19,20)12-5-3-11(4-6-12)8-21-9-14(24)23-7-1-2-13(23)15(25)22-10-17(26)27;11-9(12)10-5-7-3-1-2-4-8(7)6-10;1-3-5-7-9-8-6-4-2/h3-6,13,21,26-27H,1-2,7-10H2,(H,22,25);1-4H,5-6H2,(H,11,12);3-9H2,1-2H3. The molecule has 0 radical (unpaired) electrons.